The van der Waals surface area contributed by atoms with E-state index in [-0.39, 0.29) is 29.7 Å². The minimum Gasteiger partial charge on any atom is -0.357 e. The molecule has 1 aromatic rings. The Hall–Kier alpha value is -0.830. The van der Waals surface area contributed by atoms with E-state index >= 15 is 0 Å². The molecule has 0 saturated carbocycles. The smallest absolute Gasteiger partial charge is 0.191 e. The lowest BCUT2D eigenvalue weighted by Gasteiger charge is -2.11. The van der Waals surface area contributed by atoms with Crippen LogP contribution in [0.3, 0.4) is 0 Å². The average Bonchev–Trinajstić information content (AvgIpc) is 2.50. The first kappa shape index (κ1) is 24.2. The van der Waals surface area contributed by atoms with E-state index in [0.29, 0.717) is 25.0 Å². The zero-order valence-electron chi connectivity index (χ0n) is 15.7. The Kier molecular flexibility index (Phi) is 12.1. The van der Waals surface area contributed by atoms with Crippen molar-refractivity contribution in [2.24, 2.45) is 4.99 Å². The third-order valence-corrected chi connectivity index (χ3v) is 4.60. The van der Waals surface area contributed by atoms with Crippen molar-refractivity contribution in [3.63, 3.8) is 0 Å². The van der Waals surface area contributed by atoms with Gasteiger partial charge in [0.05, 0.1) is 5.75 Å². The Bertz CT molecular complexity index is 614. The van der Waals surface area contributed by atoms with E-state index in [9.17, 15) is 8.42 Å². The summed E-state index contributed by atoms with van der Waals surface area (Å²) in [5.41, 5.74) is 2.69. The number of rotatable bonds is 9. The second-order valence-electron chi connectivity index (χ2n) is 6.32. The summed E-state index contributed by atoms with van der Waals surface area (Å²) in [5.74, 6) is 1.35. The summed E-state index contributed by atoms with van der Waals surface area (Å²) in [7, 11) is -2.95. The SMILES string of the molecule is CCNC(=NCCCc1ccc(C(C)C)cc1)NCCS(C)(=O)=O.I. The van der Waals surface area contributed by atoms with Crippen LogP contribution in [0.4, 0.5) is 0 Å². The van der Waals surface area contributed by atoms with Gasteiger partial charge in [0.1, 0.15) is 9.84 Å². The molecule has 0 amide bonds. The first-order valence-corrected chi connectivity index (χ1v) is 10.7. The fourth-order valence-corrected chi connectivity index (χ4v) is 2.71. The first-order valence-electron chi connectivity index (χ1n) is 8.60. The summed E-state index contributed by atoms with van der Waals surface area (Å²) < 4.78 is 22.3. The number of nitrogens with one attached hydrogen (secondary N) is 2. The van der Waals surface area contributed by atoms with Gasteiger partial charge in [0, 0.05) is 25.9 Å². The molecular formula is C18H32IN3O2S. The van der Waals surface area contributed by atoms with Crippen molar-refractivity contribution in [3.05, 3.63) is 35.4 Å². The highest BCUT2D eigenvalue weighted by molar-refractivity contribution is 14.0. The maximum absolute atomic E-state index is 11.2. The molecule has 0 saturated heterocycles. The van der Waals surface area contributed by atoms with Crippen LogP contribution in [0.15, 0.2) is 29.3 Å². The van der Waals surface area contributed by atoms with Gasteiger partial charge in [-0.25, -0.2) is 8.42 Å². The number of hydrogen-bond acceptors (Lipinski definition) is 3. The number of aliphatic imine (C=N–C) groups is 1. The summed E-state index contributed by atoms with van der Waals surface area (Å²) >= 11 is 0. The second kappa shape index (κ2) is 12.5. The standard InChI is InChI=1S/C18H31N3O2S.HI/c1-5-19-18(21-13-14-24(4,22)23)20-12-6-7-16-8-10-17(11-9-16)15(2)3;/h8-11,15H,5-7,12-14H2,1-4H3,(H2,19,20,21);1H. The van der Waals surface area contributed by atoms with Gasteiger partial charge < -0.3 is 10.6 Å². The number of halogens is 1. The van der Waals surface area contributed by atoms with Crippen LogP contribution < -0.4 is 10.6 Å². The van der Waals surface area contributed by atoms with Gasteiger partial charge in [0.2, 0.25) is 0 Å². The molecular weight excluding hydrogens is 449 g/mol. The van der Waals surface area contributed by atoms with Gasteiger partial charge in [-0.3, -0.25) is 4.99 Å². The van der Waals surface area contributed by atoms with Gasteiger partial charge in [-0.05, 0) is 36.8 Å². The van der Waals surface area contributed by atoms with E-state index in [4.69, 9.17) is 0 Å². The van der Waals surface area contributed by atoms with Crippen molar-refractivity contribution in [3.8, 4) is 0 Å². The zero-order valence-corrected chi connectivity index (χ0v) is 18.9. The maximum atomic E-state index is 11.2. The monoisotopic (exact) mass is 481 g/mol. The third-order valence-electron chi connectivity index (χ3n) is 3.65. The number of sulfone groups is 1. The Labute approximate surface area is 170 Å². The summed E-state index contributed by atoms with van der Waals surface area (Å²) in [4.78, 5) is 4.49. The third kappa shape index (κ3) is 11.4. The molecule has 0 heterocycles. The molecule has 0 fully saturated rings. The molecule has 0 aliphatic rings. The molecule has 0 bridgehead atoms. The highest BCUT2D eigenvalue weighted by Gasteiger charge is 2.03. The van der Waals surface area contributed by atoms with Crippen molar-refractivity contribution in [2.75, 3.05) is 31.6 Å². The minimum absolute atomic E-state index is 0. The van der Waals surface area contributed by atoms with Crippen LogP contribution in [0.1, 0.15) is 44.2 Å². The van der Waals surface area contributed by atoms with Gasteiger partial charge in [0.25, 0.3) is 0 Å². The lowest BCUT2D eigenvalue weighted by molar-refractivity contribution is 0.600. The summed E-state index contributed by atoms with van der Waals surface area (Å²) in [6.07, 6.45) is 3.19. The molecule has 0 unspecified atom stereocenters. The Morgan fingerprint density at radius 3 is 2.32 bits per heavy atom. The lowest BCUT2D eigenvalue weighted by Crippen LogP contribution is -2.39. The molecule has 0 radical (unpaired) electrons. The molecule has 7 heteroatoms. The normalized spacial score (nSPS) is 12.0. The van der Waals surface area contributed by atoms with Crippen molar-refractivity contribution in [1.82, 2.24) is 10.6 Å². The molecule has 1 rings (SSSR count). The highest BCUT2D eigenvalue weighted by Crippen LogP contribution is 2.15. The van der Waals surface area contributed by atoms with Gasteiger partial charge in [-0.15, -0.1) is 24.0 Å². The lowest BCUT2D eigenvalue weighted by atomic mass is 10.0. The molecule has 0 aliphatic carbocycles. The molecule has 0 spiro atoms. The molecule has 5 nitrogen and oxygen atoms in total. The van der Waals surface area contributed by atoms with E-state index < -0.39 is 9.84 Å². The van der Waals surface area contributed by atoms with Crippen LogP contribution in [0.2, 0.25) is 0 Å². The van der Waals surface area contributed by atoms with Crippen LogP contribution in [0.25, 0.3) is 0 Å². The molecule has 2 N–H and O–H groups in total. The minimum atomic E-state index is -2.95. The van der Waals surface area contributed by atoms with Crippen LogP contribution in [0, 0.1) is 0 Å². The van der Waals surface area contributed by atoms with E-state index in [1.54, 1.807) is 0 Å². The van der Waals surface area contributed by atoms with E-state index in [1.807, 2.05) is 6.92 Å². The van der Waals surface area contributed by atoms with Gasteiger partial charge in [0.15, 0.2) is 5.96 Å². The predicted octanol–water partition coefficient (Wildman–Crippen LogP) is 2.96. The topological polar surface area (TPSA) is 70.6 Å². The number of nitrogens with zero attached hydrogens (tertiary/aromatic N) is 1. The Balaban J connectivity index is 0.00000576. The van der Waals surface area contributed by atoms with E-state index in [2.05, 4.69) is 53.7 Å². The van der Waals surface area contributed by atoms with E-state index in [1.165, 1.54) is 17.4 Å². The van der Waals surface area contributed by atoms with Crippen LogP contribution in [0.5, 0.6) is 0 Å². The zero-order chi connectivity index (χ0) is 18.0. The van der Waals surface area contributed by atoms with Crippen molar-refractivity contribution in [1.29, 1.82) is 0 Å². The van der Waals surface area contributed by atoms with Gasteiger partial charge in [-0.2, -0.15) is 0 Å². The Morgan fingerprint density at radius 2 is 1.80 bits per heavy atom. The predicted molar refractivity (Wildman–Crippen MR) is 118 cm³/mol. The fraction of sp³-hybridized carbons (Fsp3) is 0.611. The Morgan fingerprint density at radius 1 is 1.16 bits per heavy atom. The van der Waals surface area contributed by atoms with Gasteiger partial charge >= 0.3 is 0 Å². The van der Waals surface area contributed by atoms with Crippen LogP contribution in [-0.2, 0) is 16.3 Å². The number of guanidine groups is 1. The fourth-order valence-electron chi connectivity index (χ4n) is 2.24. The van der Waals surface area contributed by atoms with Crippen LogP contribution >= 0.6 is 24.0 Å². The second-order valence-corrected chi connectivity index (χ2v) is 8.58. The van der Waals surface area contributed by atoms with Crippen molar-refractivity contribution in [2.45, 2.75) is 39.5 Å². The average molecular weight is 481 g/mol. The summed E-state index contributed by atoms with van der Waals surface area (Å²) in [6.45, 7) is 8.22. The highest BCUT2D eigenvalue weighted by atomic mass is 127. The summed E-state index contributed by atoms with van der Waals surface area (Å²) in [5, 5.41) is 6.19. The first-order chi connectivity index (χ1) is 11.3. The van der Waals surface area contributed by atoms with Gasteiger partial charge in [-0.1, -0.05) is 38.1 Å². The maximum Gasteiger partial charge on any atom is 0.191 e. The largest absolute Gasteiger partial charge is 0.357 e. The van der Waals surface area contributed by atoms with Crippen molar-refractivity contribution < 1.29 is 8.42 Å². The molecule has 144 valence electrons. The van der Waals surface area contributed by atoms with Crippen molar-refractivity contribution >= 4 is 39.8 Å². The number of hydrogen-bond donors (Lipinski definition) is 2. The summed E-state index contributed by atoms with van der Waals surface area (Å²) in [6, 6.07) is 8.77. The number of benzene rings is 1. The molecule has 1 aromatic carbocycles. The molecule has 25 heavy (non-hydrogen) atoms. The molecule has 0 aromatic heterocycles. The van der Waals surface area contributed by atoms with Crippen LogP contribution in [-0.4, -0.2) is 46.0 Å². The molecule has 0 aliphatic heterocycles. The molecule has 0 atom stereocenters. The van der Waals surface area contributed by atoms with E-state index in [0.717, 1.165) is 19.4 Å². The number of aryl methyl sites for hydroxylation is 1. The quantitative estimate of drug-likeness (QED) is 0.246.